The van der Waals surface area contributed by atoms with Crippen molar-refractivity contribution in [1.29, 1.82) is 0 Å². The van der Waals surface area contributed by atoms with Crippen molar-refractivity contribution in [3.05, 3.63) is 23.2 Å². The van der Waals surface area contributed by atoms with Crippen LogP contribution in [0.2, 0.25) is 5.02 Å². The van der Waals surface area contributed by atoms with Crippen molar-refractivity contribution < 1.29 is 8.42 Å². The van der Waals surface area contributed by atoms with Gasteiger partial charge in [-0.25, -0.2) is 9.71 Å². The first kappa shape index (κ1) is 12.6. The summed E-state index contributed by atoms with van der Waals surface area (Å²) in [6.45, 7) is 0. The number of rotatable bonds is 3. The normalized spacial score (nSPS) is 12.2. The third-order valence-electron chi connectivity index (χ3n) is 2.05. The number of hydrogen-bond donors (Lipinski definition) is 1. The zero-order chi connectivity index (χ0) is 12.6. The van der Waals surface area contributed by atoms with Gasteiger partial charge in [-0.2, -0.15) is 12.7 Å². The molecule has 0 bridgehead atoms. The van der Waals surface area contributed by atoms with E-state index in [9.17, 15) is 8.42 Å². The number of nitrogens with one attached hydrogen (secondary N) is 1. The maximum atomic E-state index is 11.6. The predicted molar refractivity (Wildman–Crippen MR) is 70.9 cm³/mol. The van der Waals surface area contributed by atoms with Crippen molar-refractivity contribution in [2.24, 2.45) is 0 Å². The van der Waals surface area contributed by atoms with Crippen LogP contribution in [0.5, 0.6) is 0 Å². The molecule has 0 radical (unpaired) electrons. The first-order valence-corrected chi connectivity index (χ1v) is 7.28. The van der Waals surface area contributed by atoms with Gasteiger partial charge in [-0.05, 0) is 18.2 Å². The van der Waals surface area contributed by atoms with E-state index in [1.807, 2.05) is 0 Å². The molecule has 1 aromatic heterocycles. The lowest BCUT2D eigenvalue weighted by molar-refractivity contribution is 0.527. The largest absolute Gasteiger partial charge is 0.302 e. The molecule has 8 heteroatoms. The molecule has 2 aromatic rings. The molecule has 0 aliphatic heterocycles. The smallest absolute Gasteiger partial charge is 0.246 e. The van der Waals surface area contributed by atoms with Gasteiger partial charge < -0.3 is 0 Å². The summed E-state index contributed by atoms with van der Waals surface area (Å²) in [6.07, 6.45) is 0. The fourth-order valence-corrected chi connectivity index (χ4v) is 3.07. The van der Waals surface area contributed by atoms with Gasteiger partial charge in [0, 0.05) is 19.1 Å². The third-order valence-corrected chi connectivity index (χ3v) is 4.76. The van der Waals surface area contributed by atoms with E-state index in [1.54, 1.807) is 18.2 Å². The van der Waals surface area contributed by atoms with Crippen LogP contribution in [0, 0.1) is 0 Å². The number of anilines is 1. The fraction of sp³-hybridized carbons (Fsp3) is 0.222. The first-order valence-electron chi connectivity index (χ1n) is 4.65. The average molecular weight is 292 g/mol. The van der Waals surface area contributed by atoms with Crippen LogP contribution in [0.4, 0.5) is 5.13 Å². The van der Waals surface area contributed by atoms with Crippen molar-refractivity contribution in [1.82, 2.24) is 9.29 Å². The van der Waals surface area contributed by atoms with Crippen molar-refractivity contribution in [2.75, 3.05) is 18.8 Å². The molecule has 1 N–H and O–H groups in total. The molecule has 0 aliphatic rings. The zero-order valence-corrected chi connectivity index (χ0v) is 11.5. The molecule has 0 unspecified atom stereocenters. The highest BCUT2D eigenvalue weighted by Gasteiger charge is 2.15. The minimum absolute atomic E-state index is 0.330. The van der Waals surface area contributed by atoms with Crippen LogP contribution >= 0.6 is 22.9 Å². The van der Waals surface area contributed by atoms with Gasteiger partial charge in [-0.15, -0.1) is 0 Å². The second-order valence-electron chi connectivity index (χ2n) is 3.52. The Hall–Kier alpha value is -0.890. The van der Waals surface area contributed by atoms with E-state index in [0.717, 1.165) is 14.5 Å². The SMILES string of the molecule is CN(C)S(=O)(=O)Nc1nc2ccc(Cl)cc2s1. The molecule has 5 nitrogen and oxygen atoms in total. The number of nitrogens with zero attached hydrogens (tertiary/aromatic N) is 2. The molecule has 0 atom stereocenters. The summed E-state index contributed by atoms with van der Waals surface area (Å²) in [4.78, 5) is 4.16. The Kier molecular flexibility index (Phi) is 3.26. The highest BCUT2D eigenvalue weighted by atomic mass is 35.5. The van der Waals surface area contributed by atoms with Gasteiger partial charge in [-0.1, -0.05) is 22.9 Å². The molecular formula is C9H10ClN3O2S2. The van der Waals surface area contributed by atoms with Gasteiger partial charge in [-0.3, -0.25) is 0 Å². The summed E-state index contributed by atoms with van der Waals surface area (Å²) in [5, 5.41) is 0.930. The van der Waals surface area contributed by atoms with E-state index >= 15 is 0 Å². The van der Waals surface area contributed by atoms with Gasteiger partial charge in [0.05, 0.1) is 10.2 Å². The van der Waals surface area contributed by atoms with Crippen molar-refractivity contribution in [3.63, 3.8) is 0 Å². The second-order valence-corrected chi connectivity index (χ2v) is 6.87. The van der Waals surface area contributed by atoms with E-state index in [0.29, 0.717) is 10.2 Å². The highest BCUT2D eigenvalue weighted by Crippen LogP contribution is 2.28. The molecular weight excluding hydrogens is 282 g/mol. The molecule has 0 saturated heterocycles. The Balaban J connectivity index is 2.38. The van der Waals surface area contributed by atoms with Gasteiger partial charge in [0.25, 0.3) is 0 Å². The van der Waals surface area contributed by atoms with Crippen LogP contribution in [0.1, 0.15) is 0 Å². The number of thiazole rings is 1. The quantitative estimate of drug-likeness (QED) is 0.943. The maximum Gasteiger partial charge on any atom is 0.302 e. The van der Waals surface area contributed by atoms with Crippen LogP contribution in [0.25, 0.3) is 10.2 Å². The Labute approximate surface area is 108 Å². The Bertz CT molecular complexity index is 651. The summed E-state index contributed by atoms with van der Waals surface area (Å²) in [5.74, 6) is 0. The molecule has 2 rings (SSSR count). The molecule has 92 valence electrons. The zero-order valence-electron chi connectivity index (χ0n) is 9.14. The Morgan fingerprint density at radius 3 is 2.76 bits per heavy atom. The van der Waals surface area contributed by atoms with E-state index in [4.69, 9.17) is 11.6 Å². The van der Waals surface area contributed by atoms with Gasteiger partial charge in [0.2, 0.25) is 0 Å². The van der Waals surface area contributed by atoms with E-state index in [1.165, 1.54) is 25.4 Å². The standard InChI is InChI=1S/C9H10ClN3O2S2/c1-13(2)17(14,15)12-9-11-7-4-3-6(10)5-8(7)16-9/h3-5H,1-2H3,(H,11,12). The van der Waals surface area contributed by atoms with Crippen LogP contribution in [-0.2, 0) is 10.2 Å². The number of hydrogen-bond acceptors (Lipinski definition) is 4. The number of fused-ring (bicyclic) bond motifs is 1. The molecule has 0 spiro atoms. The lowest BCUT2D eigenvalue weighted by Gasteiger charge is -2.10. The van der Waals surface area contributed by atoms with Crippen molar-refractivity contribution in [3.8, 4) is 0 Å². The number of aromatic nitrogens is 1. The fourth-order valence-electron chi connectivity index (χ4n) is 1.14. The summed E-state index contributed by atoms with van der Waals surface area (Å²) >= 11 is 7.09. The molecule has 0 fully saturated rings. The van der Waals surface area contributed by atoms with Crippen LogP contribution in [-0.4, -0.2) is 31.8 Å². The van der Waals surface area contributed by atoms with Gasteiger partial charge in [0.1, 0.15) is 0 Å². The summed E-state index contributed by atoms with van der Waals surface area (Å²) in [6, 6.07) is 5.22. The summed E-state index contributed by atoms with van der Waals surface area (Å²) < 4.78 is 27.5. The molecule has 1 aromatic carbocycles. The summed E-state index contributed by atoms with van der Waals surface area (Å²) in [5.41, 5.74) is 0.718. The van der Waals surface area contributed by atoms with Crippen LogP contribution < -0.4 is 4.72 Å². The number of halogens is 1. The highest BCUT2D eigenvalue weighted by molar-refractivity contribution is 7.90. The minimum Gasteiger partial charge on any atom is -0.246 e. The van der Waals surface area contributed by atoms with Crippen molar-refractivity contribution in [2.45, 2.75) is 0 Å². The van der Waals surface area contributed by atoms with E-state index in [2.05, 4.69) is 9.71 Å². The average Bonchev–Trinajstić information content (AvgIpc) is 2.57. The third kappa shape index (κ3) is 2.68. The second kappa shape index (κ2) is 4.41. The molecule has 1 heterocycles. The Morgan fingerprint density at radius 1 is 1.41 bits per heavy atom. The monoisotopic (exact) mass is 291 g/mol. The van der Waals surface area contributed by atoms with Crippen LogP contribution in [0.15, 0.2) is 18.2 Å². The van der Waals surface area contributed by atoms with Gasteiger partial charge in [0.15, 0.2) is 5.13 Å². The van der Waals surface area contributed by atoms with Crippen LogP contribution in [0.3, 0.4) is 0 Å². The predicted octanol–water partition coefficient (Wildman–Crippen LogP) is 2.17. The summed E-state index contributed by atoms with van der Waals surface area (Å²) in [7, 11) is -0.609. The van der Waals surface area contributed by atoms with E-state index in [-0.39, 0.29) is 0 Å². The molecule has 0 saturated carbocycles. The maximum absolute atomic E-state index is 11.6. The molecule has 17 heavy (non-hydrogen) atoms. The molecule has 0 amide bonds. The first-order chi connectivity index (χ1) is 7.88. The lowest BCUT2D eigenvalue weighted by Crippen LogP contribution is -2.28. The topological polar surface area (TPSA) is 62.3 Å². The lowest BCUT2D eigenvalue weighted by atomic mass is 10.3. The minimum atomic E-state index is -3.51. The number of benzene rings is 1. The molecule has 0 aliphatic carbocycles. The van der Waals surface area contributed by atoms with Crippen molar-refractivity contribution >= 4 is 48.5 Å². The van der Waals surface area contributed by atoms with E-state index < -0.39 is 10.2 Å². The van der Waals surface area contributed by atoms with Gasteiger partial charge >= 0.3 is 10.2 Å². The Morgan fingerprint density at radius 2 is 2.12 bits per heavy atom.